The van der Waals surface area contributed by atoms with Crippen molar-refractivity contribution >= 4 is 22.6 Å². The molecule has 0 aliphatic rings. The Balaban J connectivity index is 2.10. The second-order valence-corrected chi connectivity index (χ2v) is 4.41. The highest BCUT2D eigenvalue weighted by Crippen LogP contribution is 2.25. The number of rotatable bonds is 2. The average molecular weight is 252 g/mol. The molecule has 0 aliphatic carbocycles. The minimum atomic E-state index is -0.953. The molecule has 4 N–H and O–H groups in total. The van der Waals surface area contributed by atoms with Crippen LogP contribution in [-0.2, 0) is 0 Å². The van der Waals surface area contributed by atoms with Crippen LogP contribution in [0.15, 0.2) is 48.5 Å². The summed E-state index contributed by atoms with van der Waals surface area (Å²) in [6.07, 6.45) is 0. The van der Waals surface area contributed by atoms with Crippen LogP contribution in [0.25, 0.3) is 22.0 Å². The first kappa shape index (κ1) is 11.3. The molecule has 0 saturated carbocycles. The standard InChI is InChI=1S/C15H12N2O2/c16-12-4-1-9(2-5-12)10-3-6-13-11(7-10)8-14(17-13)15(18)19/h1-8,17H,16H2,(H,18,19). The molecule has 0 radical (unpaired) electrons. The van der Waals surface area contributed by atoms with E-state index in [4.69, 9.17) is 10.8 Å². The van der Waals surface area contributed by atoms with Crippen LogP contribution < -0.4 is 5.73 Å². The van der Waals surface area contributed by atoms with Gasteiger partial charge in [0, 0.05) is 16.6 Å². The number of anilines is 1. The molecule has 0 spiro atoms. The fourth-order valence-electron chi connectivity index (χ4n) is 2.10. The lowest BCUT2D eigenvalue weighted by Crippen LogP contribution is -1.94. The van der Waals surface area contributed by atoms with Gasteiger partial charge in [0.1, 0.15) is 5.69 Å². The molecule has 0 bridgehead atoms. The quantitative estimate of drug-likeness (QED) is 0.613. The van der Waals surface area contributed by atoms with Crippen molar-refractivity contribution in [2.45, 2.75) is 0 Å². The van der Waals surface area contributed by atoms with Gasteiger partial charge in [-0.1, -0.05) is 18.2 Å². The molecule has 0 fully saturated rings. The van der Waals surface area contributed by atoms with Gasteiger partial charge in [0.2, 0.25) is 0 Å². The number of benzene rings is 2. The zero-order valence-electron chi connectivity index (χ0n) is 10.1. The minimum absolute atomic E-state index is 0.199. The van der Waals surface area contributed by atoms with Crippen molar-refractivity contribution < 1.29 is 9.90 Å². The molecule has 3 aromatic rings. The Morgan fingerprint density at radius 2 is 1.68 bits per heavy atom. The molecular weight excluding hydrogens is 240 g/mol. The molecule has 1 aromatic heterocycles. The number of carboxylic acids is 1. The van der Waals surface area contributed by atoms with E-state index < -0.39 is 5.97 Å². The molecule has 0 aliphatic heterocycles. The summed E-state index contributed by atoms with van der Waals surface area (Å²) in [5.41, 5.74) is 9.48. The van der Waals surface area contributed by atoms with Crippen molar-refractivity contribution in [1.29, 1.82) is 0 Å². The lowest BCUT2D eigenvalue weighted by Gasteiger charge is -2.02. The number of aromatic amines is 1. The summed E-state index contributed by atoms with van der Waals surface area (Å²) in [5, 5.41) is 9.84. The molecule has 0 atom stereocenters. The Bertz CT molecular complexity index is 757. The molecule has 94 valence electrons. The van der Waals surface area contributed by atoms with Crippen LogP contribution in [0, 0.1) is 0 Å². The van der Waals surface area contributed by atoms with E-state index in [9.17, 15) is 4.79 Å². The summed E-state index contributed by atoms with van der Waals surface area (Å²) in [6.45, 7) is 0. The molecule has 0 saturated heterocycles. The number of carbonyl (C=O) groups is 1. The molecule has 4 heteroatoms. The summed E-state index contributed by atoms with van der Waals surface area (Å²) < 4.78 is 0. The Kier molecular flexibility index (Phi) is 2.49. The molecule has 1 heterocycles. The molecular formula is C15H12N2O2. The Morgan fingerprint density at radius 1 is 1.00 bits per heavy atom. The van der Waals surface area contributed by atoms with Crippen LogP contribution in [0.5, 0.6) is 0 Å². The van der Waals surface area contributed by atoms with Crippen LogP contribution >= 0.6 is 0 Å². The third-order valence-corrected chi connectivity index (χ3v) is 3.10. The van der Waals surface area contributed by atoms with Crippen LogP contribution in [-0.4, -0.2) is 16.1 Å². The van der Waals surface area contributed by atoms with Gasteiger partial charge in [-0.15, -0.1) is 0 Å². The number of H-pyrrole nitrogens is 1. The van der Waals surface area contributed by atoms with Crippen LogP contribution in [0.4, 0.5) is 5.69 Å². The maximum atomic E-state index is 10.9. The van der Waals surface area contributed by atoms with Gasteiger partial charge in [0.25, 0.3) is 0 Å². The SMILES string of the molecule is Nc1ccc(-c2ccc3[nH]c(C(=O)O)cc3c2)cc1. The predicted molar refractivity (Wildman–Crippen MR) is 75.1 cm³/mol. The van der Waals surface area contributed by atoms with E-state index in [0.29, 0.717) is 0 Å². The van der Waals surface area contributed by atoms with Crippen molar-refractivity contribution in [3.63, 3.8) is 0 Å². The first-order valence-corrected chi connectivity index (χ1v) is 5.85. The van der Waals surface area contributed by atoms with Gasteiger partial charge < -0.3 is 15.8 Å². The van der Waals surface area contributed by atoms with Gasteiger partial charge in [0.05, 0.1) is 0 Å². The smallest absolute Gasteiger partial charge is 0.352 e. The topological polar surface area (TPSA) is 79.1 Å². The van der Waals surface area contributed by atoms with E-state index in [-0.39, 0.29) is 5.69 Å². The maximum Gasteiger partial charge on any atom is 0.352 e. The van der Waals surface area contributed by atoms with Crippen LogP contribution in [0.3, 0.4) is 0 Å². The summed E-state index contributed by atoms with van der Waals surface area (Å²) >= 11 is 0. The zero-order chi connectivity index (χ0) is 13.4. The number of fused-ring (bicyclic) bond motifs is 1. The zero-order valence-corrected chi connectivity index (χ0v) is 10.1. The first-order chi connectivity index (χ1) is 9.13. The Morgan fingerprint density at radius 3 is 2.37 bits per heavy atom. The Labute approximate surface area is 109 Å². The number of hydrogen-bond acceptors (Lipinski definition) is 2. The summed E-state index contributed by atoms with van der Waals surface area (Å²) in [6, 6.07) is 15.0. The van der Waals surface area contributed by atoms with Crippen LogP contribution in [0.2, 0.25) is 0 Å². The van der Waals surface area contributed by atoms with Gasteiger partial charge in [-0.25, -0.2) is 4.79 Å². The number of aromatic carboxylic acids is 1. The van der Waals surface area contributed by atoms with Crippen molar-refractivity contribution in [1.82, 2.24) is 4.98 Å². The molecule has 3 rings (SSSR count). The van der Waals surface area contributed by atoms with E-state index in [2.05, 4.69) is 4.98 Å². The Hall–Kier alpha value is -2.75. The fourth-order valence-corrected chi connectivity index (χ4v) is 2.10. The molecule has 0 amide bonds. The average Bonchev–Trinajstić information content (AvgIpc) is 2.82. The number of nitrogens with two attached hydrogens (primary N) is 1. The van der Waals surface area contributed by atoms with Gasteiger partial charge in [0.15, 0.2) is 0 Å². The predicted octanol–water partition coefficient (Wildman–Crippen LogP) is 3.12. The van der Waals surface area contributed by atoms with Gasteiger partial charge in [-0.2, -0.15) is 0 Å². The fraction of sp³-hybridized carbons (Fsp3) is 0. The van der Waals surface area contributed by atoms with E-state index in [1.54, 1.807) is 6.07 Å². The largest absolute Gasteiger partial charge is 0.477 e. The van der Waals surface area contributed by atoms with E-state index in [0.717, 1.165) is 27.7 Å². The molecule has 4 nitrogen and oxygen atoms in total. The normalized spacial score (nSPS) is 10.7. The third-order valence-electron chi connectivity index (χ3n) is 3.10. The van der Waals surface area contributed by atoms with E-state index >= 15 is 0 Å². The summed E-state index contributed by atoms with van der Waals surface area (Å²) in [5.74, 6) is -0.953. The van der Waals surface area contributed by atoms with Crippen molar-refractivity contribution in [2.24, 2.45) is 0 Å². The van der Waals surface area contributed by atoms with Crippen LogP contribution in [0.1, 0.15) is 10.5 Å². The number of carboxylic acid groups (broad SMARTS) is 1. The third kappa shape index (κ3) is 2.04. The highest BCUT2D eigenvalue weighted by atomic mass is 16.4. The monoisotopic (exact) mass is 252 g/mol. The molecule has 0 unspecified atom stereocenters. The number of hydrogen-bond donors (Lipinski definition) is 3. The minimum Gasteiger partial charge on any atom is -0.477 e. The van der Waals surface area contributed by atoms with Crippen molar-refractivity contribution in [3.8, 4) is 11.1 Å². The highest BCUT2D eigenvalue weighted by molar-refractivity contribution is 5.95. The van der Waals surface area contributed by atoms with Crippen molar-refractivity contribution in [3.05, 3.63) is 54.2 Å². The van der Waals surface area contributed by atoms with Gasteiger partial charge >= 0.3 is 5.97 Å². The molecule has 2 aromatic carbocycles. The van der Waals surface area contributed by atoms with E-state index in [1.165, 1.54) is 0 Å². The first-order valence-electron chi connectivity index (χ1n) is 5.85. The number of nitrogen functional groups attached to an aromatic ring is 1. The van der Waals surface area contributed by atoms with Gasteiger partial charge in [-0.3, -0.25) is 0 Å². The maximum absolute atomic E-state index is 10.9. The number of nitrogens with one attached hydrogen (secondary N) is 1. The van der Waals surface area contributed by atoms with Gasteiger partial charge in [-0.05, 0) is 41.5 Å². The second kappa shape index (κ2) is 4.17. The van der Waals surface area contributed by atoms with Crippen molar-refractivity contribution in [2.75, 3.05) is 5.73 Å². The highest BCUT2D eigenvalue weighted by Gasteiger charge is 2.08. The lowest BCUT2D eigenvalue weighted by molar-refractivity contribution is 0.0691. The summed E-state index contributed by atoms with van der Waals surface area (Å²) in [4.78, 5) is 13.8. The summed E-state index contributed by atoms with van der Waals surface area (Å²) in [7, 11) is 0. The molecule has 19 heavy (non-hydrogen) atoms. The lowest BCUT2D eigenvalue weighted by atomic mass is 10.0. The van der Waals surface area contributed by atoms with E-state index in [1.807, 2.05) is 42.5 Å². The second-order valence-electron chi connectivity index (χ2n) is 4.41. The number of aromatic nitrogens is 1.